The van der Waals surface area contributed by atoms with Crippen LogP contribution in [0, 0.1) is 0 Å². The third-order valence-electron chi connectivity index (χ3n) is 3.01. The molecule has 0 aliphatic carbocycles. The number of rotatable bonds is 7. The zero-order valence-electron chi connectivity index (χ0n) is 11.4. The first-order chi connectivity index (χ1) is 9.74. The number of anilines is 1. The molecular weight excluding hydrogens is 276 g/mol. The van der Waals surface area contributed by atoms with E-state index in [1.807, 2.05) is 30.0 Å². The van der Waals surface area contributed by atoms with Crippen LogP contribution in [-0.4, -0.2) is 42.2 Å². The van der Waals surface area contributed by atoms with Crippen LogP contribution in [-0.2, 0) is 16.1 Å². The average Bonchev–Trinajstić information content (AvgIpc) is 2.93. The van der Waals surface area contributed by atoms with E-state index in [1.54, 1.807) is 0 Å². The Labute approximate surface area is 121 Å². The normalized spacial score (nSPS) is 12.3. The van der Waals surface area contributed by atoms with Gasteiger partial charge in [-0.05, 0) is 25.1 Å². The van der Waals surface area contributed by atoms with Gasteiger partial charge in [0, 0.05) is 13.2 Å². The number of hydrogen-bond acceptors (Lipinski definition) is 5. The number of carbonyl (C=O) groups is 1. The van der Waals surface area contributed by atoms with Gasteiger partial charge in [0.05, 0.1) is 23.6 Å². The fraction of sp³-hybridized carbons (Fsp3) is 0.462. The van der Waals surface area contributed by atoms with Crippen molar-refractivity contribution in [3.05, 3.63) is 18.2 Å². The Kier molecular flexibility index (Phi) is 5.40. The minimum Gasteiger partial charge on any atom is -0.396 e. The molecular formula is C13H18N4O2S. The zero-order chi connectivity index (χ0) is 14.4. The Bertz CT molecular complexity index is 555. The predicted molar refractivity (Wildman–Crippen MR) is 80.4 cm³/mol. The van der Waals surface area contributed by atoms with Gasteiger partial charge < -0.3 is 10.4 Å². The van der Waals surface area contributed by atoms with Crippen LogP contribution in [0.4, 0.5) is 17.1 Å². The number of fused-ring (bicyclic) bond motifs is 1. The predicted octanol–water partition coefficient (Wildman–Crippen LogP) is 2.06. The second-order valence-corrected chi connectivity index (χ2v) is 4.96. The lowest BCUT2D eigenvalue weighted by molar-refractivity contribution is -0.117. The molecule has 1 aromatic rings. The summed E-state index contributed by atoms with van der Waals surface area (Å²) >= 11 is 1.13. The van der Waals surface area contributed by atoms with E-state index >= 15 is 0 Å². The van der Waals surface area contributed by atoms with Crippen LogP contribution in [0.5, 0.6) is 0 Å². The number of likely N-dealkylation sites (N-methyl/N-ethyl adjacent to an activating group) is 1. The highest BCUT2D eigenvalue weighted by molar-refractivity contribution is 7.58. The molecule has 1 aliphatic rings. The number of aliphatic hydroxyl groups is 1. The average molecular weight is 294 g/mol. The van der Waals surface area contributed by atoms with Crippen molar-refractivity contribution < 1.29 is 9.90 Å². The van der Waals surface area contributed by atoms with Gasteiger partial charge in [0.1, 0.15) is 11.4 Å². The number of carbonyl (C=O) groups excluding carboxylic acids is 1. The van der Waals surface area contributed by atoms with E-state index in [0.29, 0.717) is 25.2 Å². The van der Waals surface area contributed by atoms with Gasteiger partial charge in [-0.3, -0.25) is 9.69 Å². The van der Waals surface area contributed by atoms with E-state index in [2.05, 4.69) is 14.0 Å². The van der Waals surface area contributed by atoms with Crippen LogP contribution in [0.1, 0.15) is 13.3 Å². The van der Waals surface area contributed by atoms with Crippen LogP contribution in [0.3, 0.4) is 0 Å². The van der Waals surface area contributed by atoms with Gasteiger partial charge in [-0.2, -0.15) is 8.73 Å². The van der Waals surface area contributed by atoms with Crippen molar-refractivity contribution in [1.82, 2.24) is 4.90 Å². The zero-order valence-corrected chi connectivity index (χ0v) is 12.2. The summed E-state index contributed by atoms with van der Waals surface area (Å²) in [4.78, 5) is 14.0. The summed E-state index contributed by atoms with van der Waals surface area (Å²) in [5.41, 5.74) is 2.21. The van der Waals surface area contributed by atoms with Crippen molar-refractivity contribution in [1.29, 1.82) is 0 Å². The maximum atomic E-state index is 12.1. The first-order valence-corrected chi connectivity index (χ1v) is 7.32. The molecule has 7 heteroatoms. The summed E-state index contributed by atoms with van der Waals surface area (Å²) < 4.78 is 8.34. The molecule has 20 heavy (non-hydrogen) atoms. The van der Waals surface area contributed by atoms with Gasteiger partial charge in [0.2, 0.25) is 5.91 Å². The Morgan fingerprint density at radius 3 is 3.05 bits per heavy atom. The molecule has 1 aromatic carbocycles. The third-order valence-corrected chi connectivity index (χ3v) is 3.55. The van der Waals surface area contributed by atoms with Crippen LogP contribution < -0.4 is 5.32 Å². The fourth-order valence-corrected chi connectivity index (χ4v) is 2.49. The molecule has 0 aromatic heterocycles. The highest BCUT2D eigenvalue weighted by Crippen LogP contribution is 2.38. The molecule has 108 valence electrons. The summed E-state index contributed by atoms with van der Waals surface area (Å²) in [6.07, 6.45) is 0.673. The summed E-state index contributed by atoms with van der Waals surface area (Å²) in [5.74, 6) is -0.0784. The van der Waals surface area contributed by atoms with Crippen LogP contribution in [0.2, 0.25) is 0 Å². The Morgan fingerprint density at radius 1 is 1.45 bits per heavy atom. The molecule has 0 saturated carbocycles. The molecule has 1 aliphatic heterocycles. The van der Waals surface area contributed by atoms with E-state index in [-0.39, 0.29) is 12.5 Å². The maximum Gasteiger partial charge on any atom is 0.238 e. The van der Waals surface area contributed by atoms with Gasteiger partial charge in [-0.15, -0.1) is 0 Å². The van der Waals surface area contributed by atoms with Crippen molar-refractivity contribution in [3.8, 4) is 0 Å². The van der Waals surface area contributed by atoms with Crippen LogP contribution in [0.15, 0.2) is 26.9 Å². The fourth-order valence-electron chi connectivity index (χ4n) is 1.94. The molecule has 0 atom stereocenters. The van der Waals surface area contributed by atoms with Gasteiger partial charge in [-0.1, -0.05) is 13.0 Å². The molecule has 2 rings (SSSR count). The SMILES string of the molecule is CCN(CCCO)CC(=O)Nc1cccc2c1N=S=N2. The second-order valence-electron chi connectivity index (χ2n) is 4.43. The second kappa shape index (κ2) is 7.28. The molecule has 0 unspecified atom stereocenters. The van der Waals surface area contributed by atoms with Gasteiger partial charge >= 0.3 is 0 Å². The Balaban J connectivity index is 1.95. The van der Waals surface area contributed by atoms with Gasteiger partial charge in [-0.25, -0.2) is 0 Å². The highest BCUT2D eigenvalue weighted by atomic mass is 32.1. The van der Waals surface area contributed by atoms with E-state index in [0.717, 1.165) is 29.3 Å². The molecule has 6 nitrogen and oxygen atoms in total. The van der Waals surface area contributed by atoms with Crippen molar-refractivity contribution >= 4 is 34.3 Å². The summed E-state index contributed by atoms with van der Waals surface area (Å²) in [5, 5.41) is 11.7. The number of benzene rings is 1. The van der Waals surface area contributed by atoms with Gasteiger partial charge in [0.15, 0.2) is 0 Å². The van der Waals surface area contributed by atoms with Crippen LogP contribution in [0.25, 0.3) is 0 Å². The Hall–Kier alpha value is -1.57. The van der Waals surface area contributed by atoms with Crippen LogP contribution >= 0.6 is 0 Å². The lowest BCUT2D eigenvalue weighted by atomic mass is 10.2. The summed E-state index contributed by atoms with van der Waals surface area (Å²) in [7, 11) is 0. The number of amides is 1. The summed E-state index contributed by atoms with van der Waals surface area (Å²) in [6, 6.07) is 5.54. The van der Waals surface area contributed by atoms with Crippen molar-refractivity contribution in [2.75, 3.05) is 31.6 Å². The number of aliphatic hydroxyl groups excluding tert-OH is 1. The molecule has 2 N–H and O–H groups in total. The maximum absolute atomic E-state index is 12.1. The van der Waals surface area contributed by atoms with Crippen molar-refractivity contribution in [2.24, 2.45) is 8.73 Å². The van der Waals surface area contributed by atoms with E-state index in [4.69, 9.17) is 5.11 Å². The first kappa shape index (κ1) is 14.8. The monoisotopic (exact) mass is 294 g/mol. The molecule has 1 heterocycles. The number of hydrogen-bond donors (Lipinski definition) is 2. The standard InChI is InChI=1S/C13H18N4O2S/c1-2-17(7-4-8-18)9-12(19)14-10-5-3-6-11-13(10)16-20-15-11/h3,5-6,18H,2,4,7-9H2,1H3,(H,14,19). The minimum absolute atomic E-state index is 0.0784. The van der Waals surface area contributed by atoms with E-state index < -0.39 is 0 Å². The Morgan fingerprint density at radius 2 is 2.30 bits per heavy atom. The molecule has 0 fully saturated rings. The number of nitrogens with zero attached hydrogens (tertiary/aromatic N) is 3. The largest absolute Gasteiger partial charge is 0.396 e. The lowest BCUT2D eigenvalue weighted by Gasteiger charge is -2.19. The molecule has 0 radical (unpaired) electrons. The van der Waals surface area contributed by atoms with E-state index in [9.17, 15) is 4.79 Å². The topological polar surface area (TPSA) is 77.3 Å². The first-order valence-electron chi connectivity index (χ1n) is 6.59. The lowest BCUT2D eigenvalue weighted by Crippen LogP contribution is -2.34. The number of nitrogens with one attached hydrogen (secondary N) is 1. The molecule has 1 amide bonds. The van der Waals surface area contributed by atoms with Crippen molar-refractivity contribution in [3.63, 3.8) is 0 Å². The quantitative estimate of drug-likeness (QED) is 0.820. The van der Waals surface area contributed by atoms with E-state index in [1.165, 1.54) is 0 Å². The smallest absolute Gasteiger partial charge is 0.238 e. The highest BCUT2D eigenvalue weighted by Gasteiger charge is 2.14. The third kappa shape index (κ3) is 3.72. The molecule has 0 saturated heterocycles. The molecule has 0 bridgehead atoms. The minimum atomic E-state index is -0.0784. The van der Waals surface area contributed by atoms with Gasteiger partial charge in [0.25, 0.3) is 0 Å². The van der Waals surface area contributed by atoms with Crippen molar-refractivity contribution in [2.45, 2.75) is 13.3 Å². The summed E-state index contributed by atoms with van der Waals surface area (Å²) in [6.45, 7) is 3.93. The molecule has 0 spiro atoms.